The predicted octanol–water partition coefficient (Wildman–Crippen LogP) is 5.05. The number of pyridine rings is 1. The number of nitrogens with one attached hydrogen (secondary N) is 1. The van der Waals surface area contributed by atoms with Crippen LogP contribution >= 0.6 is 0 Å². The fourth-order valence-corrected chi connectivity index (χ4v) is 4.47. The second kappa shape index (κ2) is 11.8. The van der Waals surface area contributed by atoms with Gasteiger partial charge in [-0.3, -0.25) is 4.79 Å². The maximum atomic E-state index is 12.4. The fourth-order valence-electron chi connectivity index (χ4n) is 4.47. The van der Waals surface area contributed by atoms with Gasteiger partial charge in [0.05, 0.1) is 45.7 Å². The Kier molecular flexibility index (Phi) is 8.25. The molecule has 2 aromatic carbocycles. The number of benzene rings is 2. The first-order valence-corrected chi connectivity index (χ1v) is 12.3. The van der Waals surface area contributed by atoms with Crippen molar-refractivity contribution < 1.29 is 23.7 Å². The minimum atomic E-state index is -0.348. The van der Waals surface area contributed by atoms with Crippen LogP contribution in [0.1, 0.15) is 29.3 Å². The van der Waals surface area contributed by atoms with E-state index in [2.05, 4.69) is 15.3 Å². The number of ether oxygens (including phenoxy) is 4. The monoisotopic (exact) mass is 516 g/mol. The molecule has 0 bridgehead atoms. The third-order valence-electron chi connectivity index (χ3n) is 6.33. The molecule has 38 heavy (non-hydrogen) atoms. The van der Waals surface area contributed by atoms with Gasteiger partial charge in [-0.2, -0.15) is 0 Å². The Labute approximate surface area is 222 Å². The lowest BCUT2D eigenvalue weighted by Gasteiger charge is -2.17. The molecule has 1 N–H and O–H groups in total. The number of esters is 1. The maximum Gasteiger partial charge on any atom is 0.311 e. The number of hydrogen-bond acceptors (Lipinski definition) is 9. The summed E-state index contributed by atoms with van der Waals surface area (Å²) in [7, 11) is 4.88. The van der Waals surface area contributed by atoms with E-state index in [0.29, 0.717) is 47.4 Å². The van der Waals surface area contributed by atoms with Crippen molar-refractivity contribution in [2.75, 3.05) is 33.3 Å². The Balaban J connectivity index is 1.85. The van der Waals surface area contributed by atoms with Gasteiger partial charge in [0, 0.05) is 34.7 Å². The van der Waals surface area contributed by atoms with Crippen molar-refractivity contribution in [3.8, 4) is 28.5 Å². The van der Waals surface area contributed by atoms with Gasteiger partial charge in [-0.1, -0.05) is 6.07 Å². The van der Waals surface area contributed by atoms with Crippen molar-refractivity contribution in [1.29, 1.82) is 0 Å². The summed E-state index contributed by atoms with van der Waals surface area (Å²) in [4.78, 5) is 26.4. The molecule has 0 saturated carbocycles. The van der Waals surface area contributed by atoms with Crippen molar-refractivity contribution in [3.63, 3.8) is 0 Å². The van der Waals surface area contributed by atoms with E-state index in [-0.39, 0.29) is 12.4 Å². The van der Waals surface area contributed by atoms with Gasteiger partial charge in [0.25, 0.3) is 0 Å². The highest BCUT2D eigenvalue weighted by Gasteiger charge is 2.20. The number of fused-ring (bicyclic) bond motifs is 1. The van der Waals surface area contributed by atoms with Gasteiger partial charge in [0.2, 0.25) is 0 Å². The molecule has 0 aliphatic carbocycles. The largest absolute Gasteiger partial charge is 0.497 e. The van der Waals surface area contributed by atoms with Crippen LogP contribution in [0, 0.1) is 13.8 Å². The van der Waals surface area contributed by atoms with E-state index in [1.54, 1.807) is 28.3 Å². The third kappa shape index (κ3) is 5.46. The molecular weight excluding hydrogens is 484 g/mol. The highest BCUT2D eigenvalue weighted by molar-refractivity contribution is 5.99. The normalized spacial score (nSPS) is 10.8. The van der Waals surface area contributed by atoms with E-state index < -0.39 is 0 Å². The second-order valence-electron chi connectivity index (χ2n) is 8.68. The SMILES string of the molecule is CCOC(=O)Cc1cc2c(NCc3ccc(OC)cc3OC)ncnc2c(-c2c(C)ccc(OC)c2C)n1. The number of methoxy groups -OCH3 is 3. The number of anilines is 1. The first-order chi connectivity index (χ1) is 18.4. The van der Waals surface area contributed by atoms with Crippen LogP contribution in [0.4, 0.5) is 5.82 Å². The lowest BCUT2D eigenvalue weighted by atomic mass is 9.96. The summed E-state index contributed by atoms with van der Waals surface area (Å²) in [5, 5.41) is 4.15. The maximum absolute atomic E-state index is 12.4. The van der Waals surface area contributed by atoms with E-state index in [9.17, 15) is 4.79 Å². The van der Waals surface area contributed by atoms with Gasteiger partial charge >= 0.3 is 5.97 Å². The summed E-state index contributed by atoms with van der Waals surface area (Å²) >= 11 is 0. The predicted molar refractivity (Wildman–Crippen MR) is 146 cm³/mol. The standard InChI is InChI=1S/C29H32N4O5/c1-7-38-25(34)13-20-12-22-27(28(33-20)26-17(2)8-11-23(36-5)18(26)3)31-16-32-29(22)30-15-19-9-10-21(35-4)14-24(19)37-6/h8-12,14,16H,7,13,15H2,1-6H3,(H,30,31,32). The number of nitrogens with zero attached hydrogens (tertiary/aromatic N) is 3. The zero-order chi connectivity index (χ0) is 27.2. The Morgan fingerprint density at radius 2 is 1.74 bits per heavy atom. The molecule has 4 rings (SSSR count). The van der Waals surface area contributed by atoms with Gasteiger partial charge in [0.15, 0.2) is 0 Å². The van der Waals surface area contributed by atoms with Crippen LogP contribution in [0.3, 0.4) is 0 Å². The molecule has 2 heterocycles. The van der Waals surface area contributed by atoms with Crippen LogP contribution in [0.25, 0.3) is 22.2 Å². The molecule has 0 amide bonds. The van der Waals surface area contributed by atoms with Crippen molar-refractivity contribution >= 4 is 22.7 Å². The van der Waals surface area contributed by atoms with Crippen molar-refractivity contribution in [2.45, 2.75) is 33.7 Å². The Morgan fingerprint density at radius 1 is 0.947 bits per heavy atom. The lowest BCUT2D eigenvalue weighted by molar-refractivity contribution is -0.142. The average Bonchev–Trinajstić information content (AvgIpc) is 2.92. The molecule has 0 saturated heterocycles. The molecule has 4 aromatic rings. The fraction of sp³-hybridized carbons (Fsp3) is 0.310. The van der Waals surface area contributed by atoms with Crippen molar-refractivity contribution in [3.05, 3.63) is 65.1 Å². The summed E-state index contributed by atoms with van der Waals surface area (Å²) in [5.74, 6) is 2.42. The van der Waals surface area contributed by atoms with Crippen LogP contribution in [0.15, 0.2) is 42.7 Å². The highest BCUT2D eigenvalue weighted by atomic mass is 16.5. The Bertz CT molecular complexity index is 1470. The van der Waals surface area contributed by atoms with Gasteiger partial charge in [-0.05, 0) is 50.6 Å². The average molecular weight is 517 g/mol. The molecule has 0 atom stereocenters. The summed E-state index contributed by atoms with van der Waals surface area (Å²) in [5.41, 5.74) is 5.67. The molecule has 0 radical (unpaired) electrons. The number of hydrogen-bond donors (Lipinski definition) is 1. The number of carbonyl (C=O) groups excluding carboxylic acids is 1. The molecule has 0 unspecified atom stereocenters. The number of carbonyl (C=O) groups is 1. The van der Waals surface area contributed by atoms with E-state index in [4.69, 9.17) is 23.9 Å². The molecule has 2 aromatic heterocycles. The summed E-state index contributed by atoms with van der Waals surface area (Å²) in [6.45, 7) is 6.53. The molecular formula is C29H32N4O5. The zero-order valence-electron chi connectivity index (χ0n) is 22.5. The number of aryl methyl sites for hydroxylation is 1. The van der Waals surface area contributed by atoms with Crippen molar-refractivity contribution in [2.24, 2.45) is 0 Å². The lowest BCUT2D eigenvalue weighted by Crippen LogP contribution is -2.11. The van der Waals surface area contributed by atoms with Crippen LogP contribution in [0.5, 0.6) is 17.2 Å². The van der Waals surface area contributed by atoms with Gasteiger partial charge in [0.1, 0.15) is 34.9 Å². The van der Waals surface area contributed by atoms with Gasteiger partial charge < -0.3 is 24.3 Å². The minimum absolute atomic E-state index is 0.0273. The number of rotatable bonds is 10. The first-order valence-electron chi connectivity index (χ1n) is 12.3. The third-order valence-corrected chi connectivity index (χ3v) is 6.33. The van der Waals surface area contributed by atoms with E-state index in [1.165, 1.54) is 6.33 Å². The minimum Gasteiger partial charge on any atom is -0.497 e. The van der Waals surface area contributed by atoms with Crippen molar-refractivity contribution in [1.82, 2.24) is 15.0 Å². The molecule has 198 valence electrons. The Morgan fingerprint density at radius 3 is 2.45 bits per heavy atom. The summed E-state index contributed by atoms with van der Waals surface area (Å²) in [6.07, 6.45) is 1.54. The molecule has 0 fully saturated rings. The van der Waals surface area contributed by atoms with E-state index in [1.807, 2.05) is 50.2 Å². The summed E-state index contributed by atoms with van der Waals surface area (Å²) < 4.78 is 21.6. The van der Waals surface area contributed by atoms with Crippen LogP contribution in [0.2, 0.25) is 0 Å². The van der Waals surface area contributed by atoms with E-state index >= 15 is 0 Å². The van der Waals surface area contributed by atoms with E-state index in [0.717, 1.165) is 33.4 Å². The van der Waals surface area contributed by atoms with Crippen LogP contribution in [-0.4, -0.2) is 48.9 Å². The molecule has 9 heteroatoms. The van der Waals surface area contributed by atoms with Gasteiger partial charge in [-0.15, -0.1) is 0 Å². The topological polar surface area (TPSA) is 105 Å². The first kappa shape index (κ1) is 26.7. The summed E-state index contributed by atoms with van der Waals surface area (Å²) in [6, 6.07) is 11.4. The molecule has 0 spiro atoms. The van der Waals surface area contributed by atoms with Crippen LogP contribution < -0.4 is 19.5 Å². The zero-order valence-corrected chi connectivity index (χ0v) is 22.5. The second-order valence-corrected chi connectivity index (χ2v) is 8.68. The number of aromatic nitrogens is 3. The Hall–Kier alpha value is -4.40. The smallest absolute Gasteiger partial charge is 0.311 e. The molecule has 0 aliphatic heterocycles. The van der Waals surface area contributed by atoms with Crippen LogP contribution in [-0.2, 0) is 22.5 Å². The molecule has 0 aliphatic rings. The highest BCUT2D eigenvalue weighted by Crippen LogP contribution is 2.37. The molecule has 9 nitrogen and oxygen atoms in total. The quantitative estimate of drug-likeness (QED) is 0.290. The van der Waals surface area contributed by atoms with Gasteiger partial charge in [-0.25, -0.2) is 15.0 Å².